The van der Waals surface area contributed by atoms with E-state index in [1.54, 1.807) is 0 Å². The van der Waals surface area contributed by atoms with Crippen LogP contribution in [0.25, 0.3) is 0 Å². The van der Waals surface area contributed by atoms with Gasteiger partial charge in [0.1, 0.15) is 0 Å². The Kier molecular flexibility index (Phi) is 6.15. The van der Waals surface area contributed by atoms with Crippen molar-refractivity contribution >= 4 is 0 Å². The number of nitrogens with one attached hydrogen (secondary N) is 1. The van der Waals surface area contributed by atoms with Gasteiger partial charge in [-0.15, -0.1) is 0 Å². The van der Waals surface area contributed by atoms with Crippen LogP contribution >= 0.6 is 0 Å². The molecule has 1 heterocycles. The average Bonchev–Trinajstić information content (AvgIpc) is 2.55. The number of nitrogens with zero attached hydrogens (tertiary/aromatic N) is 1. The molecule has 0 amide bonds. The molecule has 2 heteroatoms. The summed E-state index contributed by atoms with van der Waals surface area (Å²) in [5.74, 6) is 2.68. The molecule has 2 aliphatic rings. The normalized spacial score (nSPS) is 38.1. The minimum Gasteiger partial charge on any atom is -0.314 e. The van der Waals surface area contributed by atoms with E-state index in [0.29, 0.717) is 0 Å². The lowest BCUT2D eigenvalue weighted by Gasteiger charge is -2.38. The number of hydrogen-bond donors (Lipinski definition) is 1. The fourth-order valence-corrected chi connectivity index (χ4v) is 4.41. The molecule has 19 heavy (non-hydrogen) atoms. The molecule has 1 saturated carbocycles. The molecule has 2 nitrogen and oxygen atoms in total. The first-order valence-electron chi connectivity index (χ1n) is 8.64. The largest absolute Gasteiger partial charge is 0.314 e. The number of rotatable bonds is 4. The molecule has 1 aliphatic heterocycles. The molecule has 4 atom stereocenters. The van der Waals surface area contributed by atoms with Crippen LogP contribution in [-0.2, 0) is 0 Å². The molecule has 1 aliphatic carbocycles. The second-order valence-corrected chi connectivity index (χ2v) is 7.23. The zero-order valence-electron chi connectivity index (χ0n) is 13.3. The van der Waals surface area contributed by atoms with Crippen LogP contribution in [0.3, 0.4) is 0 Å². The van der Waals surface area contributed by atoms with E-state index in [4.69, 9.17) is 0 Å². The molecule has 1 saturated heterocycles. The summed E-state index contributed by atoms with van der Waals surface area (Å²) in [6.45, 7) is 12.3. The molecule has 0 radical (unpaired) electrons. The summed E-state index contributed by atoms with van der Waals surface area (Å²) in [5.41, 5.74) is 0. The first-order valence-corrected chi connectivity index (χ1v) is 8.64. The third-order valence-corrected chi connectivity index (χ3v) is 5.06. The molecule has 0 aromatic rings. The topological polar surface area (TPSA) is 15.3 Å². The van der Waals surface area contributed by atoms with Gasteiger partial charge < -0.3 is 10.2 Å². The monoisotopic (exact) mass is 266 g/mol. The summed E-state index contributed by atoms with van der Waals surface area (Å²) in [7, 11) is 0. The van der Waals surface area contributed by atoms with Crippen LogP contribution in [0.15, 0.2) is 0 Å². The maximum absolute atomic E-state index is 3.76. The van der Waals surface area contributed by atoms with Crippen LogP contribution in [0, 0.1) is 17.8 Å². The van der Waals surface area contributed by atoms with E-state index in [1.807, 2.05) is 0 Å². The third kappa shape index (κ3) is 4.75. The lowest BCUT2D eigenvalue weighted by atomic mass is 9.89. The minimum absolute atomic E-state index is 0.778. The summed E-state index contributed by atoms with van der Waals surface area (Å²) in [6.07, 6.45) is 8.60. The first kappa shape index (κ1) is 15.3. The predicted molar refractivity (Wildman–Crippen MR) is 83.4 cm³/mol. The van der Waals surface area contributed by atoms with Gasteiger partial charge in [-0.2, -0.15) is 0 Å². The highest BCUT2D eigenvalue weighted by atomic mass is 15.1. The van der Waals surface area contributed by atoms with Gasteiger partial charge in [-0.3, -0.25) is 0 Å². The van der Waals surface area contributed by atoms with E-state index in [-0.39, 0.29) is 0 Å². The van der Waals surface area contributed by atoms with Crippen molar-refractivity contribution in [2.24, 2.45) is 17.8 Å². The Balaban J connectivity index is 1.90. The van der Waals surface area contributed by atoms with Gasteiger partial charge in [-0.1, -0.05) is 40.0 Å². The SMILES string of the molecule is CCNC1CCCCCC1CN1CC(C)CC(C)C1. The Morgan fingerprint density at radius 3 is 2.37 bits per heavy atom. The van der Waals surface area contributed by atoms with Gasteiger partial charge in [0.2, 0.25) is 0 Å². The first-order chi connectivity index (χ1) is 9.19. The third-order valence-electron chi connectivity index (χ3n) is 5.06. The minimum atomic E-state index is 0.778. The molecule has 0 bridgehead atoms. The van der Waals surface area contributed by atoms with E-state index >= 15 is 0 Å². The molecular weight excluding hydrogens is 232 g/mol. The number of piperidine rings is 1. The molecule has 4 unspecified atom stereocenters. The van der Waals surface area contributed by atoms with Gasteiger partial charge >= 0.3 is 0 Å². The van der Waals surface area contributed by atoms with Crippen molar-refractivity contribution in [1.82, 2.24) is 10.2 Å². The molecule has 0 aromatic carbocycles. The lowest BCUT2D eigenvalue weighted by Crippen LogP contribution is -2.46. The Morgan fingerprint density at radius 2 is 1.68 bits per heavy atom. The van der Waals surface area contributed by atoms with Crippen molar-refractivity contribution in [3.8, 4) is 0 Å². The van der Waals surface area contributed by atoms with Crippen LogP contribution in [0.4, 0.5) is 0 Å². The van der Waals surface area contributed by atoms with Crippen LogP contribution < -0.4 is 5.32 Å². The smallest absolute Gasteiger partial charge is 0.0107 e. The average molecular weight is 266 g/mol. The van der Waals surface area contributed by atoms with Crippen LogP contribution in [-0.4, -0.2) is 37.1 Å². The Bertz CT molecular complexity index is 244. The van der Waals surface area contributed by atoms with E-state index in [0.717, 1.165) is 30.3 Å². The maximum Gasteiger partial charge on any atom is 0.0107 e. The summed E-state index contributed by atoms with van der Waals surface area (Å²) >= 11 is 0. The summed E-state index contributed by atoms with van der Waals surface area (Å²) in [4.78, 5) is 2.76. The summed E-state index contributed by atoms with van der Waals surface area (Å²) in [5, 5.41) is 3.76. The van der Waals surface area contributed by atoms with Gasteiger partial charge in [0.15, 0.2) is 0 Å². The van der Waals surface area contributed by atoms with Gasteiger partial charge in [0.05, 0.1) is 0 Å². The van der Waals surface area contributed by atoms with E-state index in [2.05, 4.69) is 31.0 Å². The quantitative estimate of drug-likeness (QED) is 0.783. The molecule has 112 valence electrons. The number of likely N-dealkylation sites (tertiary alicyclic amines) is 1. The van der Waals surface area contributed by atoms with Crippen molar-refractivity contribution in [2.75, 3.05) is 26.2 Å². The highest BCUT2D eigenvalue weighted by Gasteiger charge is 2.28. The predicted octanol–water partition coefficient (Wildman–Crippen LogP) is 3.52. The summed E-state index contributed by atoms with van der Waals surface area (Å²) in [6, 6.07) is 0.778. The zero-order chi connectivity index (χ0) is 13.7. The fourth-order valence-electron chi connectivity index (χ4n) is 4.41. The Morgan fingerprint density at radius 1 is 1.00 bits per heavy atom. The molecule has 2 fully saturated rings. The van der Waals surface area contributed by atoms with Crippen molar-refractivity contribution in [3.05, 3.63) is 0 Å². The van der Waals surface area contributed by atoms with Crippen molar-refractivity contribution < 1.29 is 0 Å². The zero-order valence-corrected chi connectivity index (χ0v) is 13.3. The van der Waals surface area contributed by atoms with Crippen LogP contribution in [0.2, 0.25) is 0 Å². The highest BCUT2D eigenvalue weighted by Crippen LogP contribution is 2.27. The van der Waals surface area contributed by atoms with Crippen molar-refractivity contribution in [1.29, 1.82) is 0 Å². The maximum atomic E-state index is 3.76. The number of hydrogen-bond acceptors (Lipinski definition) is 2. The van der Waals surface area contributed by atoms with E-state index in [1.165, 1.54) is 58.2 Å². The van der Waals surface area contributed by atoms with E-state index < -0.39 is 0 Å². The molecular formula is C17H34N2. The molecule has 1 N–H and O–H groups in total. The molecule has 2 rings (SSSR count). The second kappa shape index (κ2) is 7.64. The van der Waals surface area contributed by atoms with Crippen molar-refractivity contribution in [2.45, 2.75) is 65.3 Å². The second-order valence-electron chi connectivity index (χ2n) is 7.23. The van der Waals surface area contributed by atoms with Gasteiger partial charge in [-0.25, -0.2) is 0 Å². The standard InChI is InChI=1S/C17H34N2/c1-4-18-17-9-7-5-6-8-16(17)13-19-11-14(2)10-15(3)12-19/h14-18H,4-13H2,1-3H3. The lowest BCUT2D eigenvalue weighted by molar-refractivity contribution is 0.109. The molecule has 0 spiro atoms. The van der Waals surface area contributed by atoms with Crippen LogP contribution in [0.5, 0.6) is 0 Å². The van der Waals surface area contributed by atoms with Crippen LogP contribution in [0.1, 0.15) is 59.3 Å². The van der Waals surface area contributed by atoms with Gasteiger partial charge in [0, 0.05) is 25.7 Å². The Hall–Kier alpha value is -0.0800. The van der Waals surface area contributed by atoms with Gasteiger partial charge in [-0.05, 0) is 43.6 Å². The van der Waals surface area contributed by atoms with Gasteiger partial charge in [0.25, 0.3) is 0 Å². The Labute approximate surface area is 120 Å². The molecule has 0 aromatic heterocycles. The highest BCUT2D eigenvalue weighted by molar-refractivity contribution is 4.84. The summed E-state index contributed by atoms with van der Waals surface area (Å²) < 4.78 is 0. The van der Waals surface area contributed by atoms with E-state index in [9.17, 15) is 0 Å². The van der Waals surface area contributed by atoms with Crippen molar-refractivity contribution in [3.63, 3.8) is 0 Å². The fraction of sp³-hybridized carbons (Fsp3) is 1.00.